The Morgan fingerprint density at radius 3 is 2.76 bits per heavy atom. The molecular formula is C35H42ClF2N7. The van der Waals surface area contributed by atoms with Gasteiger partial charge in [-0.1, -0.05) is 18.5 Å². The summed E-state index contributed by atoms with van der Waals surface area (Å²) in [5, 5.41) is 1.31. The number of anilines is 1. The summed E-state index contributed by atoms with van der Waals surface area (Å²) in [5.74, 6) is 2.43. The molecule has 0 spiro atoms. The van der Waals surface area contributed by atoms with Crippen molar-refractivity contribution in [1.29, 1.82) is 0 Å². The maximum absolute atomic E-state index is 16.3. The van der Waals surface area contributed by atoms with Gasteiger partial charge in [0.25, 0.3) is 0 Å². The predicted octanol–water partition coefficient (Wildman–Crippen LogP) is 7.34. The minimum absolute atomic E-state index is 0.305. The van der Waals surface area contributed by atoms with Crippen molar-refractivity contribution >= 4 is 39.9 Å². The van der Waals surface area contributed by atoms with Gasteiger partial charge in [0.15, 0.2) is 5.82 Å². The molecule has 3 fully saturated rings. The van der Waals surface area contributed by atoms with E-state index in [1.807, 2.05) is 26.0 Å². The second-order valence-electron chi connectivity index (χ2n) is 13.3. The maximum Gasteiger partial charge on any atom is 0.175 e. The molecule has 3 atom stereocenters. The summed E-state index contributed by atoms with van der Waals surface area (Å²) in [6.45, 7) is 8.25. The van der Waals surface area contributed by atoms with E-state index in [0.717, 1.165) is 92.2 Å². The average molecular weight is 634 g/mol. The van der Waals surface area contributed by atoms with E-state index >= 15 is 4.39 Å². The highest BCUT2D eigenvalue weighted by Gasteiger charge is 2.35. The highest BCUT2D eigenvalue weighted by Crippen LogP contribution is 2.37. The van der Waals surface area contributed by atoms with Gasteiger partial charge in [0.05, 0.1) is 11.9 Å². The quantitative estimate of drug-likeness (QED) is 0.280. The number of aromatic nitrogens is 3. The van der Waals surface area contributed by atoms with Crippen LogP contribution in [-0.4, -0.2) is 76.3 Å². The number of piperidine rings is 1. The molecule has 45 heavy (non-hydrogen) atoms. The first-order valence-corrected chi connectivity index (χ1v) is 17.1. The van der Waals surface area contributed by atoms with Gasteiger partial charge in [0.2, 0.25) is 0 Å². The van der Waals surface area contributed by atoms with E-state index in [0.29, 0.717) is 65.3 Å². The Labute approximate surface area is 269 Å². The molecule has 6 aliphatic heterocycles. The number of pyridine rings is 1. The summed E-state index contributed by atoms with van der Waals surface area (Å²) in [6, 6.07) is 4.54. The molecule has 238 valence electrons. The van der Waals surface area contributed by atoms with Crippen molar-refractivity contribution in [3.05, 3.63) is 46.1 Å². The first-order valence-electron chi connectivity index (χ1n) is 16.7. The molecule has 7 nitrogen and oxygen atoms in total. The Bertz CT molecular complexity index is 1640. The number of fused-ring (bicyclic) bond motifs is 4. The van der Waals surface area contributed by atoms with Gasteiger partial charge in [0, 0.05) is 61.0 Å². The van der Waals surface area contributed by atoms with Gasteiger partial charge < -0.3 is 4.90 Å². The summed E-state index contributed by atoms with van der Waals surface area (Å²) in [6.07, 6.45) is 10.7. The molecular weight excluding hydrogens is 592 g/mol. The first-order chi connectivity index (χ1) is 21.9. The van der Waals surface area contributed by atoms with E-state index in [1.165, 1.54) is 12.8 Å². The Morgan fingerprint density at radius 2 is 1.91 bits per heavy atom. The lowest BCUT2D eigenvalue weighted by Gasteiger charge is -2.34. The zero-order chi connectivity index (χ0) is 31.1. The van der Waals surface area contributed by atoms with Gasteiger partial charge >= 0.3 is 0 Å². The number of aliphatic imine (C=N–C) groups is 2. The molecule has 0 aliphatic carbocycles. The van der Waals surface area contributed by atoms with Crippen LogP contribution in [0.25, 0.3) is 22.2 Å². The summed E-state index contributed by atoms with van der Waals surface area (Å²) < 4.78 is 28.9. The van der Waals surface area contributed by atoms with Crippen LogP contribution >= 0.6 is 11.6 Å². The molecule has 3 saturated heterocycles. The van der Waals surface area contributed by atoms with Gasteiger partial charge in [-0.3, -0.25) is 14.9 Å². The zero-order valence-corrected chi connectivity index (χ0v) is 27.1. The van der Waals surface area contributed by atoms with Gasteiger partial charge in [-0.2, -0.15) is 0 Å². The van der Waals surface area contributed by atoms with Gasteiger partial charge in [0.1, 0.15) is 34.9 Å². The minimum atomic E-state index is -0.518. The normalized spacial score (nSPS) is 24.6. The lowest BCUT2D eigenvalue weighted by Crippen LogP contribution is -2.37. The predicted molar refractivity (Wildman–Crippen MR) is 178 cm³/mol. The second kappa shape index (κ2) is 13.0. The van der Waals surface area contributed by atoms with Crippen LogP contribution in [0.1, 0.15) is 75.2 Å². The average Bonchev–Trinajstić information content (AvgIpc) is 3.75. The number of nitrogens with zero attached hydrogens (tertiary/aromatic N) is 7. The molecule has 9 rings (SSSR count). The fourth-order valence-corrected chi connectivity index (χ4v) is 8.14. The molecule has 6 aliphatic rings. The molecule has 0 radical (unpaired) electrons. The van der Waals surface area contributed by atoms with Crippen molar-refractivity contribution in [3.63, 3.8) is 0 Å². The number of hydrogen-bond acceptors (Lipinski definition) is 7. The minimum Gasteiger partial charge on any atom is -0.356 e. The van der Waals surface area contributed by atoms with E-state index in [1.54, 1.807) is 6.20 Å². The third-order valence-electron chi connectivity index (χ3n) is 9.99. The Morgan fingerprint density at radius 1 is 1.04 bits per heavy atom. The fourth-order valence-electron chi connectivity index (χ4n) is 7.77. The van der Waals surface area contributed by atoms with Crippen molar-refractivity contribution in [1.82, 2.24) is 19.9 Å². The molecule has 3 unspecified atom stereocenters. The molecule has 2 aromatic heterocycles. The van der Waals surface area contributed by atoms with Crippen LogP contribution in [0, 0.1) is 18.7 Å². The highest BCUT2D eigenvalue weighted by atomic mass is 35.5. The lowest BCUT2D eigenvalue weighted by molar-refractivity contribution is 0.292. The van der Waals surface area contributed by atoms with E-state index in [9.17, 15) is 4.39 Å². The second-order valence-corrected chi connectivity index (χ2v) is 13.7. The zero-order valence-electron chi connectivity index (χ0n) is 26.3. The number of rotatable bonds is 1. The van der Waals surface area contributed by atoms with Crippen LogP contribution in [0.4, 0.5) is 14.6 Å². The van der Waals surface area contributed by atoms with Gasteiger partial charge in [-0.25, -0.2) is 23.7 Å². The van der Waals surface area contributed by atoms with Crippen LogP contribution in [0.5, 0.6) is 0 Å². The van der Waals surface area contributed by atoms with Crippen molar-refractivity contribution in [2.75, 3.05) is 37.6 Å². The van der Waals surface area contributed by atoms with Crippen molar-refractivity contribution in [3.8, 4) is 11.3 Å². The number of benzene rings is 1. The first kappa shape index (κ1) is 30.6. The van der Waals surface area contributed by atoms with E-state index in [2.05, 4.69) is 19.8 Å². The molecule has 3 aromatic rings. The summed E-state index contributed by atoms with van der Waals surface area (Å²) in [5.41, 5.74) is 4.40. The third kappa shape index (κ3) is 6.35. The van der Waals surface area contributed by atoms with Gasteiger partial charge in [-0.15, -0.1) is 0 Å². The Balaban J connectivity index is 0.000000308. The van der Waals surface area contributed by atoms with Crippen LogP contribution < -0.4 is 4.90 Å². The lowest BCUT2D eigenvalue weighted by atomic mass is 9.94. The Kier molecular flexibility index (Phi) is 8.83. The number of aryl methyl sites for hydroxylation is 2. The van der Waals surface area contributed by atoms with Crippen LogP contribution in [0.15, 0.2) is 28.3 Å². The molecule has 10 heteroatoms. The molecule has 0 N–H and O–H groups in total. The van der Waals surface area contributed by atoms with E-state index < -0.39 is 12.0 Å². The third-order valence-corrected chi connectivity index (χ3v) is 10.3. The number of hydrogen-bond donors (Lipinski definition) is 0. The smallest absolute Gasteiger partial charge is 0.175 e. The maximum atomic E-state index is 16.3. The van der Waals surface area contributed by atoms with Crippen molar-refractivity contribution in [2.45, 2.75) is 90.3 Å². The highest BCUT2D eigenvalue weighted by molar-refractivity contribution is 6.31. The van der Waals surface area contributed by atoms with E-state index in [-0.39, 0.29) is 0 Å². The van der Waals surface area contributed by atoms with Crippen LogP contribution in [0.3, 0.4) is 0 Å². The van der Waals surface area contributed by atoms with Crippen molar-refractivity contribution < 1.29 is 8.78 Å². The number of halogens is 3. The van der Waals surface area contributed by atoms with Gasteiger partial charge in [-0.05, 0) is 94.0 Å². The molecule has 0 saturated carbocycles. The molecule has 8 heterocycles. The monoisotopic (exact) mass is 633 g/mol. The number of alkyl halides is 1. The number of amidine groups is 1. The molecule has 8 bridgehead atoms. The fraction of sp³-hybridized carbons (Fsp3) is 0.571. The largest absolute Gasteiger partial charge is 0.356 e. The standard InChI is InChI=1S/C28H30ClFN6.C7H12FN/c1-3-23-34-27-21-14-32-26(25(27)30)20-10-16(2)11-22(29)19(20)8-4-7-18-13-31-24(33-18)12-17-6-5-9-36(15-17)28(21)35-23;8-6-4-7-2-1-3-9(7)5-6/h10-11,14,17H,3-9,12-13,15H2,1-2H3;6-7H,1-5H2. The molecule has 0 amide bonds. The molecule has 1 aromatic carbocycles. The topological polar surface area (TPSA) is 69.9 Å². The summed E-state index contributed by atoms with van der Waals surface area (Å²) >= 11 is 6.73. The van der Waals surface area contributed by atoms with Crippen LogP contribution in [0.2, 0.25) is 5.02 Å². The summed E-state index contributed by atoms with van der Waals surface area (Å²) in [4.78, 5) is 28.4. The van der Waals surface area contributed by atoms with Crippen LogP contribution in [-0.2, 0) is 12.8 Å². The van der Waals surface area contributed by atoms with E-state index in [4.69, 9.17) is 26.6 Å². The Hall–Kier alpha value is -3.04. The summed E-state index contributed by atoms with van der Waals surface area (Å²) in [7, 11) is 0. The van der Waals surface area contributed by atoms with Crippen molar-refractivity contribution in [2.24, 2.45) is 15.9 Å². The SMILES string of the molecule is CCc1nc2c3cnc(c(F)c3n1)-c1cc(C)cc(Cl)c1CCCC1=NC(=NC1)CC1CCCN2C1.FC1CC2CCCN2C1.